The van der Waals surface area contributed by atoms with Gasteiger partial charge in [0.05, 0.1) is 5.56 Å². The molecule has 0 amide bonds. The summed E-state index contributed by atoms with van der Waals surface area (Å²) in [5, 5.41) is 1.06. The first-order valence-corrected chi connectivity index (χ1v) is 6.93. The minimum atomic E-state index is -0.469. The molecule has 0 atom stereocenters. The molecular weight excluding hydrogens is 250 g/mol. The SMILES string of the molecule is CC(C)(C)OC(=O)c1ccc2c(ccn2C(C)(C)C)c1. The van der Waals surface area contributed by atoms with Gasteiger partial charge in [0.15, 0.2) is 0 Å². The van der Waals surface area contributed by atoms with Crippen LogP contribution < -0.4 is 0 Å². The highest BCUT2D eigenvalue weighted by atomic mass is 16.6. The van der Waals surface area contributed by atoms with Crippen molar-refractivity contribution in [2.75, 3.05) is 0 Å². The van der Waals surface area contributed by atoms with Crippen LogP contribution in [0.4, 0.5) is 0 Å². The lowest BCUT2D eigenvalue weighted by molar-refractivity contribution is 0.00697. The molecule has 0 saturated carbocycles. The minimum absolute atomic E-state index is 0.0230. The molecule has 20 heavy (non-hydrogen) atoms. The smallest absolute Gasteiger partial charge is 0.338 e. The third kappa shape index (κ3) is 3.03. The zero-order valence-electron chi connectivity index (χ0n) is 13.2. The largest absolute Gasteiger partial charge is 0.456 e. The van der Waals surface area contributed by atoms with E-state index >= 15 is 0 Å². The number of fused-ring (bicyclic) bond motifs is 1. The molecule has 108 valence electrons. The molecular formula is C17H23NO2. The van der Waals surface area contributed by atoms with Gasteiger partial charge in [0, 0.05) is 22.6 Å². The fourth-order valence-corrected chi connectivity index (χ4v) is 2.19. The summed E-state index contributed by atoms with van der Waals surface area (Å²) in [6.45, 7) is 12.1. The molecule has 0 bridgehead atoms. The number of nitrogens with zero attached hydrogens (tertiary/aromatic N) is 1. The average Bonchev–Trinajstić information content (AvgIpc) is 2.68. The van der Waals surface area contributed by atoms with Gasteiger partial charge < -0.3 is 9.30 Å². The van der Waals surface area contributed by atoms with E-state index in [1.165, 1.54) is 0 Å². The number of carbonyl (C=O) groups excluding carboxylic acids is 1. The lowest BCUT2D eigenvalue weighted by Crippen LogP contribution is -2.24. The van der Waals surface area contributed by atoms with Crippen LogP contribution in [0.5, 0.6) is 0 Å². The summed E-state index contributed by atoms with van der Waals surface area (Å²) in [4.78, 5) is 12.1. The molecule has 0 radical (unpaired) electrons. The van der Waals surface area contributed by atoms with E-state index < -0.39 is 5.60 Å². The second-order valence-corrected chi connectivity index (χ2v) is 7.13. The summed E-state index contributed by atoms with van der Waals surface area (Å²) in [5.74, 6) is -0.275. The van der Waals surface area contributed by atoms with E-state index in [1.54, 1.807) is 0 Å². The molecule has 0 saturated heterocycles. The van der Waals surface area contributed by atoms with Crippen molar-refractivity contribution in [1.29, 1.82) is 0 Å². The summed E-state index contributed by atoms with van der Waals surface area (Å²) >= 11 is 0. The summed E-state index contributed by atoms with van der Waals surface area (Å²) in [7, 11) is 0. The van der Waals surface area contributed by atoms with Crippen molar-refractivity contribution in [2.45, 2.75) is 52.7 Å². The van der Waals surface area contributed by atoms with E-state index in [2.05, 4.69) is 31.5 Å². The fraction of sp³-hybridized carbons (Fsp3) is 0.471. The lowest BCUT2D eigenvalue weighted by Gasteiger charge is -2.23. The molecule has 0 aliphatic carbocycles. The summed E-state index contributed by atoms with van der Waals surface area (Å²) in [5.41, 5.74) is 1.28. The van der Waals surface area contributed by atoms with Gasteiger partial charge in [-0.1, -0.05) is 0 Å². The van der Waals surface area contributed by atoms with E-state index in [-0.39, 0.29) is 11.5 Å². The fourth-order valence-electron chi connectivity index (χ4n) is 2.19. The Morgan fingerprint density at radius 1 is 1.05 bits per heavy atom. The maximum absolute atomic E-state index is 12.1. The molecule has 1 heterocycles. The van der Waals surface area contributed by atoms with Crippen LogP contribution in [0.15, 0.2) is 30.5 Å². The minimum Gasteiger partial charge on any atom is -0.456 e. The van der Waals surface area contributed by atoms with Gasteiger partial charge in [0.2, 0.25) is 0 Å². The number of carbonyl (C=O) groups is 1. The molecule has 0 unspecified atom stereocenters. The monoisotopic (exact) mass is 273 g/mol. The van der Waals surface area contributed by atoms with Gasteiger partial charge in [0.25, 0.3) is 0 Å². The molecule has 1 aromatic carbocycles. The maximum atomic E-state index is 12.1. The Kier molecular flexibility index (Phi) is 3.41. The Bertz CT molecular complexity index is 639. The number of benzene rings is 1. The molecule has 3 heteroatoms. The molecule has 2 rings (SSSR count). The first-order valence-electron chi connectivity index (χ1n) is 6.93. The number of ether oxygens (including phenoxy) is 1. The van der Waals surface area contributed by atoms with Crippen LogP contribution in [-0.2, 0) is 10.3 Å². The quantitative estimate of drug-likeness (QED) is 0.723. The zero-order valence-corrected chi connectivity index (χ0v) is 13.2. The standard InChI is InChI=1S/C17H23NO2/c1-16(2,3)18-10-9-12-11-13(7-8-14(12)18)15(19)20-17(4,5)6/h7-11H,1-6H3. The van der Waals surface area contributed by atoms with Crippen LogP contribution in [-0.4, -0.2) is 16.1 Å². The second kappa shape index (κ2) is 4.65. The first-order chi connectivity index (χ1) is 9.08. The highest BCUT2D eigenvalue weighted by Crippen LogP contribution is 2.25. The highest BCUT2D eigenvalue weighted by Gasteiger charge is 2.19. The zero-order chi connectivity index (χ0) is 15.1. The van der Waals surface area contributed by atoms with Gasteiger partial charge in [-0.2, -0.15) is 0 Å². The Hall–Kier alpha value is -1.77. The van der Waals surface area contributed by atoms with Crippen molar-refractivity contribution in [2.24, 2.45) is 0 Å². The number of hydrogen-bond acceptors (Lipinski definition) is 2. The average molecular weight is 273 g/mol. The Labute approximate surface area is 120 Å². The molecule has 1 aromatic heterocycles. The van der Waals surface area contributed by atoms with Crippen molar-refractivity contribution in [3.8, 4) is 0 Å². The third-order valence-corrected chi connectivity index (χ3v) is 3.05. The highest BCUT2D eigenvalue weighted by molar-refractivity contribution is 5.95. The van der Waals surface area contributed by atoms with Crippen LogP contribution in [0, 0.1) is 0 Å². The van der Waals surface area contributed by atoms with Crippen LogP contribution in [0.25, 0.3) is 10.9 Å². The predicted octanol–water partition coefficient (Wildman–Crippen LogP) is 4.35. The molecule has 0 fully saturated rings. The number of aromatic nitrogens is 1. The van der Waals surface area contributed by atoms with Gasteiger partial charge in [-0.25, -0.2) is 4.79 Å². The van der Waals surface area contributed by atoms with E-state index in [1.807, 2.05) is 45.0 Å². The lowest BCUT2D eigenvalue weighted by atomic mass is 10.1. The molecule has 0 N–H and O–H groups in total. The van der Waals surface area contributed by atoms with Gasteiger partial charge in [-0.15, -0.1) is 0 Å². The summed E-state index contributed by atoms with van der Waals surface area (Å²) < 4.78 is 7.61. The van der Waals surface area contributed by atoms with Crippen molar-refractivity contribution in [3.05, 3.63) is 36.0 Å². The van der Waals surface area contributed by atoms with E-state index in [0.29, 0.717) is 5.56 Å². The van der Waals surface area contributed by atoms with Crippen LogP contribution >= 0.6 is 0 Å². The first kappa shape index (κ1) is 14.6. The summed E-state index contributed by atoms with van der Waals surface area (Å²) in [6, 6.07) is 7.75. The molecule has 0 spiro atoms. The molecule has 2 aromatic rings. The van der Waals surface area contributed by atoms with Crippen LogP contribution in [0.3, 0.4) is 0 Å². The molecule has 0 aliphatic rings. The predicted molar refractivity (Wildman–Crippen MR) is 82.1 cm³/mol. The number of esters is 1. The second-order valence-electron chi connectivity index (χ2n) is 7.13. The van der Waals surface area contributed by atoms with Crippen molar-refractivity contribution in [1.82, 2.24) is 4.57 Å². The topological polar surface area (TPSA) is 31.2 Å². The Balaban J connectivity index is 2.39. The normalized spacial score (nSPS) is 12.7. The molecule has 3 nitrogen and oxygen atoms in total. The van der Waals surface area contributed by atoms with Gasteiger partial charge in [0.1, 0.15) is 5.60 Å². The van der Waals surface area contributed by atoms with Gasteiger partial charge in [-0.3, -0.25) is 0 Å². The van der Waals surface area contributed by atoms with Crippen molar-refractivity contribution >= 4 is 16.9 Å². The third-order valence-electron chi connectivity index (χ3n) is 3.05. The molecule has 0 aliphatic heterocycles. The van der Waals surface area contributed by atoms with Crippen molar-refractivity contribution in [3.63, 3.8) is 0 Å². The van der Waals surface area contributed by atoms with Crippen LogP contribution in [0.2, 0.25) is 0 Å². The van der Waals surface area contributed by atoms with Gasteiger partial charge >= 0.3 is 5.97 Å². The number of rotatable bonds is 1. The van der Waals surface area contributed by atoms with E-state index in [0.717, 1.165) is 10.9 Å². The van der Waals surface area contributed by atoms with Gasteiger partial charge in [-0.05, 0) is 65.8 Å². The Morgan fingerprint density at radius 2 is 1.70 bits per heavy atom. The van der Waals surface area contributed by atoms with E-state index in [4.69, 9.17) is 4.74 Å². The number of hydrogen-bond donors (Lipinski definition) is 0. The van der Waals surface area contributed by atoms with Crippen molar-refractivity contribution < 1.29 is 9.53 Å². The maximum Gasteiger partial charge on any atom is 0.338 e. The Morgan fingerprint density at radius 3 is 2.25 bits per heavy atom. The summed E-state index contributed by atoms with van der Waals surface area (Å²) in [6.07, 6.45) is 2.06. The van der Waals surface area contributed by atoms with Crippen LogP contribution in [0.1, 0.15) is 51.9 Å². The van der Waals surface area contributed by atoms with E-state index in [9.17, 15) is 4.79 Å².